The lowest BCUT2D eigenvalue weighted by atomic mass is 9.84. The fourth-order valence-corrected chi connectivity index (χ4v) is 7.20. The summed E-state index contributed by atoms with van der Waals surface area (Å²) in [4.78, 5) is 14.1. The molecule has 0 aromatic carbocycles. The Morgan fingerprint density at radius 1 is 1.38 bits per heavy atom. The molecule has 0 saturated heterocycles. The Kier molecular flexibility index (Phi) is 6.11. The lowest BCUT2D eigenvalue weighted by molar-refractivity contribution is -0.115. The summed E-state index contributed by atoms with van der Waals surface area (Å²) < 4.78 is 7.38. The minimum Gasteiger partial charge on any atom is -0.360 e. The summed E-state index contributed by atoms with van der Waals surface area (Å²) in [6, 6.07) is 6.18. The molecule has 2 saturated carbocycles. The molecule has 0 spiro atoms. The van der Waals surface area contributed by atoms with Crippen molar-refractivity contribution in [2.24, 2.45) is 17.8 Å². The number of fused-ring (bicyclic) bond motifs is 2. The normalized spacial score (nSPS) is 24.0. The molecule has 2 aliphatic rings. The Morgan fingerprint density at radius 2 is 2.25 bits per heavy atom. The van der Waals surface area contributed by atoms with Gasteiger partial charge in [-0.3, -0.25) is 9.36 Å². The summed E-state index contributed by atoms with van der Waals surface area (Å²) in [5, 5.41) is 18.5. The number of hydrogen-bond donors (Lipinski definition) is 1. The Morgan fingerprint density at radius 3 is 2.88 bits per heavy atom. The van der Waals surface area contributed by atoms with Crippen LogP contribution in [0.5, 0.6) is 0 Å². The van der Waals surface area contributed by atoms with Crippen LogP contribution in [0.2, 0.25) is 0 Å². The molecule has 3 heterocycles. The van der Waals surface area contributed by atoms with Crippen LogP contribution in [0.4, 0.5) is 5.82 Å². The van der Waals surface area contributed by atoms with Crippen LogP contribution in [0.3, 0.4) is 0 Å². The van der Waals surface area contributed by atoms with E-state index in [1.54, 1.807) is 24.3 Å². The van der Waals surface area contributed by atoms with Crippen LogP contribution >= 0.6 is 23.1 Å². The second-order valence-electron chi connectivity index (χ2n) is 9.06. The van der Waals surface area contributed by atoms with Gasteiger partial charge in [0.25, 0.3) is 0 Å². The molecule has 3 aromatic heterocycles. The van der Waals surface area contributed by atoms with Crippen molar-refractivity contribution in [3.63, 3.8) is 0 Å². The third-order valence-electron chi connectivity index (χ3n) is 7.02. The van der Waals surface area contributed by atoms with Gasteiger partial charge in [0, 0.05) is 12.1 Å². The third-order valence-corrected chi connectivity index (χ3v) is 9.20. The molecule has 0 radical (unpaired) electrons. The Bertz CT molecular complexity index is 1080. The van der Waals surface area contributed by atoms with Gasteiger partial charge in [-0.2, -0.15) is 0 Å². The van der Waals surface area contributed by atoms with Crippen molar-refractivity contribution in [3.05, 3.63) is 29.3 Å². The maximum atomic E-state index is 13.0. The number of carbonyl (C=O) groups excluding carboxylic acids is 1. The topological polar surface area (TPSA) is 85.8 Å². The number of carbonyl (C=O) groups is 1. The van der Waals surface area contributed by atoms with Crippen molar-refractivity contribution < 1.29 is 9.32 Å². The quantitative estimate of drug-likeness (QED) is 0.417. The number of anilines is 1. The molecule has 5 atom stereocenters. The van der Waals surface area contributed by atoms with E-state index in [0.717, 1.165) is 27.7 Å². The molecule has 1 amide bonds. The Hall–Kier alpha value is -2.13. The van der Waals surface area contributed by atoms with Gasteiger partial charge in [0.15, 0.2) is 16.8 Å². The molecular formula is C23H29N5O2S2. The molecule has 3 aromatic rings. The highest BCUT2D eigenvalue weighted by Gasteiger charge is 2.43. The minimum atomic E-state index is -0.293. The first kappa shape index (κ1) is 21.7. The summed E-state index contributed by atoms with van der Waals surface area (Å²) in [5.74, 6) is 4.27. The van der Waals surface area contributed by atoms with Gasteiger partial charge in [-0.15, -0.1) is 21.5 Å². The second-order valence-corrected chi connectivity index (χ2v) is 11.2. The lowest BCUT2D eigenvalue weighted by Crippen LogP contribution is -2.27. The zero-order chi connectivity index (χ0) is 22.2. The lowest BCUT2D eigenvalue weighted by Gasteiger charge is -2.30. The number of nitrogens with zero attached hydrogens (tertiary/aromatic N) is 4. The third kappa shape index (κ3) is 4.12. The largest absolute Gasteiger partial charge is 0.360 e. The number of rotatable bonds is 8. The van der Waals surface area contributed by atoms with Gasteiger partial charge in [-0.25, -0.2) is 0 Å². The van der Waals surface area contributed by atoms with E-state index in [1.807, 2.05) is 6.92 Å². The average Bonchev–Trinajstić information content (AvgIpc) is 3.60. The Balaban J connectivity index is 1.42. The van der Waals surface area contributed by atoms with Crippen LogP contribution in [-0.4, -0.2) is 31.1 Å². The van der Waals surface area contributed by atoms with Crippen molar-refractivity contribution in [2.75, 3.05) is 5.32 Å². The maximum absolute atomic E-state index is 13.0. The molecule has 9 heteroatoms. The molecule has 170 valence electrons. The number of amides is 1. The van der Waals surface area contributed by atoms with E-state index in [4.69, 9.17) is 4.52 Å². The molecule has 2 fully saturated rings. The smallest absolute Gasteiger partial charge is 0.239 e. The van der Waals surface area contributed by atoms with E-state index in [-0.39, 0.29) is 11.2 Å². The first-order chi connectivity index (χ1) is 15.5. The Labute approximate surface area is 196 Å². The number of aromatic nitrogens is 4. The second kappa shape index (κ2) is 9.02. The molecule has 32 heavy (non-hydrogen) atoms. The van der Waals surface area contributed by atoms with E-state index in [2.05, 4.69) is 49.7 Å². The molecule has 0 aliphatic heterocycles. The summed E-state index contributed by atoms with van der Waals surface area (Å²) >= 11 is 3.18. The van der Waals surface area contributed by atoms with Gasteiger partial charge < -0.3 is 9.84 Å². The number of aryl methyl sites for hydroxylation is 1. The van der Waals surface area contributed by atoms with Gasteiger partial charge in [0.2, 0.25) is 5.91 Å². The molecule has 2 bridgehead atoms. The van der Waals surface area contributed by atoms with Crippen molar-refractivity contribution in [1.82, 2.24) is 19.9 Å². The summed E-state index contributed by atoms with van der Waals surface area (Å²) in [6.45, 7) is 6.14. The van der Waals surface area contributed by atoms with Gasteiger partial charge in [-0.05, 0) is 68.7 Å². The van der Waals surface area contributed by atoms with Gasteiger partial charge in [0.1, 0.15) is 5.76 Å². The predicted octanol–water partition coefficient (Wildman–Crippen LogP) is 5.81. The van der Waals surface area contributed by atoms with Gasteiger partial charge >= 0.3 is 0 Å². The van der Waals surface area contributed by atoms with E-state index < -0.39 is 0 Å². The van der Waals surface area contributed by atoms with Crippen LogP contribution in [0.25, 0.3) is 10.7 Å². The van der Waals surface area contributed by atoms with E-state index in [1.165, 1.54) is 37.4 Å². The zero-order valence-electron chi connectivity index (χ0n) is 18.7. The SMILES string of the molecule is CCC(Sc1nnc(-c2cccs2)n1C(C)C1CC2CCC1C2)C(=O)Nc1cc(C)on1. The number of thioether (sulfide) groups is 1. The first-order valence-corrected chi connectivity index (χ1v) is 13.2. The molecule has 1 N–H and O–H groups in total. The molecule has 7 nitrogen and oxygen atoms in total. The molecule has 5 unspecified atom stereocenters. The van der Waals surface area contributed by atoms with Crippen LogP contribution in [0.1, 0.15) is 57.8 Å². The monoisotopic (exact) mass is 471 g/mol. The summed E-state index contributed by atoms with van der Waals surface area (Å²) in [6.07, 6.45) is 6.06. The highest BCUT2D eigenvalue weighted by molar-refractivity contribution is 8.00. The molecule has 2 aliphatic carbocycles. The van der Waals surface area contributed by atoms with E-state index in [0.29, 0.717) is 30.0 Å². The van der Waals surface area contributed by atoms with Crippen LogP contribution in [0.15, 0.2) is 33.3 Å². The van der Waals surface area contributed by atoms with E-state index in [9.17, 15) is 4.79 Å². The number of nitrogens with one attached hydrogen (secondary N) is 1. The van der Waals surface area contributed by atoms with Crippen molar-refractivity contribution in [2.45, 2.75) is 69.3 Å². The van der Waals surface area contributed by atoms with Crippen LogP contribution < -0.4 is 5.32 Å². The predicted molar refractivity (Wildman–Crippen MR) is 127 cm³/mol. The van der Waals surface area contributed by atoms with Crippen molar-refractivity contribution in [3.8, 4) is 10.7 Å². The zero-order valence-corrected chi connectivity index (χ0v) is 20.3. The van der Waals surface area contributed by atoms with Gasteiger partial charge in [0.05, 0.1) is 10.1 Å². The maximum Gasteiger partial charge on any atom is 0.239 e. The molecular weight excluding hydrogens is 442 g/mol. The first-order valence-electron chi connectivity index (χ1n) is 11.4. The number of thiophene rings is 1. The fraction of sp³-hybridized carbons (Fsp3) is 0.565. The molecule has 5 rings (SSSR count). The van der Waals surface area contributed by atoms with Crippen LogP contribution in [0, 0.1) is 24.7 Å². The fourth-order valence-electron chi connectivity index (χ4n) is 5.46. The van der Waals surface area contributed by atoms with Gasteiger partial charge in [-0.1, -0.05) is 36.3 Å². The number of hydrogen-bond acceptors (Lipinski definition) is 7. The van der Waals surface area contributed by atoms with Crippen LogP contribution in [-0.2, 0) is 4.79 Å². The minimum absolute atomic E-state index is 0.0920. The summed E-state index contributed by atoms with van der Waals surface area (Å²) in [7, 11) is 0. The highest BCUT2D eigenvalue weighted by atomic mass is 32.2. The average molecular weight is 472 g/mol. The van der Waals surface area contributed by atoms with Crippen molar-refractivity contribution >= 4 is 34.8 Å². The highest BCUT2D eigenvalue weighted by Crippen LogP contribution is 2.53. The summed E-state index contributed by atoms with van der Waals surface area (Å²) in [5.41, 5.74) is 0. The standard InChI is InChI=1S/C23H29N5O2S2/c1-4-18(22(29)24-20-10-13(2)30-27-20)32-23-26-25-21(19-6-5-9-31-19)28(23)14(3)17-12-15-7-8-16(17)11-15/h5-6,9-10,14-18H,4,7-8,11-12H2,1-3H3,(H,24,27,29). The van der Waals surface area contributed by atoms with E-state index >= 15 is 0 Å². The van der Waals surface area contributed by atoms with Crippen molar-refractivity contribution in [1.29, 1.82) is 0 Å².